The average molecular weight is 546 g/mol. The number of nitrogens with one attached hydrogen (secondary N) is 1. The van der Waals surface area contributed by atoms with Crippen LogP contribution in [0.4, 0.5) is 5.69 Å². The summed E-state index contributed by atoms with van der Waals surface area (Å²) in [6, 6.07) is 10.1. The smallest absolute Gasteiger partial charge is 0.337 e. The van der Waals surface area contributed by atoms with Gasteiger partial charge in [0.05, 0.1) is 29.9 Å². The Hall–Kier alpha value is -2.87. The molecule has 0 fully saturated rings. The van der Waals surface area contributed by atoms with Gasteiger partial charge in [-0.05, 0) is 67.0 Å². The van der Waals surface area contributed by atoms with Crippen LogP contribution >= 0.6 is 0 Å². The standard InChI is InChI=1S/C30H43NO6S/c1-9-10-11-12-21(24-15-14-23(19-27(24)36-7)38(34,35)20(2)3)18-28(32)31-26-17-22(29(33)37-8)13-16-25(26)30(4,5)6/h13-17,19-21H,9-12,18H2,1-8H3,(H,31,32). The van der Waals surface area contributed by atoms with E-state index in [0.717, 1.165) is 36.8 Å². The first-order valence-corrected chi connectivity index (χ1v) is 14.7. The van der Waals surface area contributed by atoms with Crippen molar-refractivity contribution in [2.45, 2.75) is 95.1 Å². The van der Waals surface area contributed by atoms with Crippen molar-refractivity contribution in [3.8, 4) is 5.75 Å². The summed E-state index contributed by atoms with van der Waals surface area (Å²) in [6.07, 6.45) is 3.92. The van der Waals surface area contributed by atoms with Crippen molar-refractivity contribution in [2.24, 2.45) is 0 Å². The van der Waals surface area contributed by atoms with E-state index in [2.05, 4.69) is 12.2 Å². The van der Waals surface area contributed by atoms with E-state index in [1.165, 1.54) is 14.2 Å². The fourth-order valence-corrected chi connectivity index (χ4v) is 5.53. The second-order valence-electron chi connectivity index (χ2n) is 10.9. The molecular formula is C30H43NO6S. The Labute approximate surface area is 228 Å². The Morgan fingerprint density at radius 2 is 1.68 bits per heavy atom. The molecule has 2 rings (SSSR count). The van der Waals surface area contributed by atoms with Gasteiger partial charge in [-0.2, -0.15) is 0 Å². The fourth-order valence-electron chi connectivity index (χ4n) is 4.46. The summed E-state index contributed by atoms with van der Waals surface area (Å²) in [5, 5.41) is 2.48. The Morgan fingerprint density at radius 3 is 2.24 bits per heavy atom. The number of hydrogen-bond donors (Lipinski definition) is 1. The number of esters is 1. The first-order valence-electron chi connectivity index (χ1n) is 13.2. The summed E-state index contributed by atoms with van der Waals surface area (Å²) in [6.45, 7) is 11.5. The first kappa shape index (κ1) is 31.3. The third-order valence-corrected chi connectivity index (χ3v) is 8.86. The van der Waals surface area contributed by atoms with E-state index in [-0.39, 0.29) is 28.6 Å². The summed E-state index contributed by atoms with van der Waals surface area (Å²) >= 11 is 0. The van der Waals surface area contributed by atoms with E-state index in [1.54, 1.807) is 44.2 Å². The Balaban J connectivity index is 2.44. The number of amides is 1. The molecule has 2 aromatic carbocycles. The molecule has 0 bridgehead atoms. The van der Waals surface area contributed by atoms with Gasteiger partial charge >= 0.3 is 5.97 Å². The number of benzene rings is 2. The highest BCUT2D eigenvalue weighted by Crippen LogP contribution is 2.36. The Morgan fingerprint density at radius 1 is 1.00 bits per heavy atom. The number of sulfone groups is 1. The molecule has 7 nitrogen and oxygen atoms in total. The zero-order chi connectivity index (χ0) is 28.7. The minimum Gasteiger partial charge on any atom is -0.496 e. The highest BCUT2D eigenvalue weighted by molar-refractivity contribution is 7.92. The van der Waals surface area contributed by atoms with Gasteiger partial charge in [0, 0.05) is 12.1 Å². The molecule has 1 atom stereocenters. The van der Waals surface area contributed by atoms with Gasteiger partial charge in [-0.25, -0.2) is 13.2 Å². The third kappa shape index (κ3) is 7.82. The van der Waals surface area contributed by atoms with E-state index in [9.17, 15) is 18.0 Å². The predicted molar refractivity (Wildman–Crippen MR) is 152 cm³/mol. The van der Waals surface area contributed by atoms with E-state index >= 15 is 0 Å². The number of rotatable bonds is 12. The van der Waals surface area contributed by atoms with Crippen LogP contribution < -0.4 is 10.1 Å². The summed E-state index contributed by atoms with van der Waals surface area (Å²) in [5.74, 6) is -0.377. The molecule has 0 aliphatic rings. The Bertz CT molecular complexity index is 1230. The first-order chi connectivity index (χ1) is 17.8. The number of carbonyl (C=O) groups is 2. The molecule has 2 aromatic rings. The van der Waals surface area contributed by atoms with Gasteiger partial charge in [-0.1, -0.05) is 59.1 Å². The minimum absolute atomic E-state index is 0.172. The second-order valence-corrected chi connectivity index (χ2v) is 13.4. The monoisotopic (exact) mass is 545 g/mol. The predicted octanol–water partition coefficient (Wildman–Crippen LogP) is 6.65. The lowest BCUT2D eigenvalue weighted by Crippen LogP contribution is -2.21. The largest absolute Gasteiger partial charge is 0.496 e. The molecule has 1 N–H and O–H groups in total. The average Bonchev–Trinajstić information content (AvgIpc) is 2.86. The van der Waals surface area contributed by atoms with Gasteiger partial charge in [0.1, 0.15) is 5.75 Å². The maximum atomic E-state index is 13.4. The second kappa shape index (κ2) is 13.3. The lowest BCUT2D eigenvalue weighted by molar-refractivity contribution is -0.116. The van der Waals surface area contributed by atoms with Crippen LogP contribution in [0.15, 0.2) is 41.3 Å². The fraction of sp³-hybridized carbons (Fsp3) is 0.533. The van der Waals surface area contributed by atoms with Crippen molar-refractivity contribution in [3.05, 3.63) is 53.1 Å². The van der Waals surface area contributed by atoms with Crippen molar-refractivity contribution in [2.75, 3.05) is 19.5 Å². The van der Waals surface area contributed by atoms with Crippen molar-refractivity contribution in [3.63, 3.8) is 0 Å². The molecule has 0 radical (unpaired) electrons. The molecule has 0 aromatic heterocycles. The number of carbonyl (C=O) groups excluding carboxylic acids is 2. The highest BCUT2D eigenvalue weighted by atomic mass is 32.2. The molecular weight excluding hydrogens is 502 g/mol. The van der Waals surface area contributed by atoms with Gasteiger partial charge in [-0.3, -0.25) is 4.79 Å². The van der Waals surface area contributed by atoms with Gasteiger partial charge in [0.2, 0.25) is 5.91 Å². The van der Waals surface area contributed by atoms with E-state index < -0.39 is 21.1 Å². The third-order valence-electron chi connectivity index (χ3n) is 6.70. The lowest BCUT2D eigenvalue weighted by Gasteiger charge is -2.25. The zero-order valence-electron chi connectivity index (χ0n) is 24.0. The molecule has 0 saturated heterocycles. The van der Waals surface area contributed by atoms with Gasteiger partial charge in [0.15, 0.2) is 9.84 Å². The summed E-state index contributed by atoms with van der Waals surface area (Å²) in [4.78, 5) is 25.8. The maximum absolute atomic E-state index is 13.4. The quantitative estimate of drug-likeness (QED) is 0.237. The van der Waals surface area contributed by atoms with Crippen molar-refractivity contribution < 1.29 is 27.5 Å². The highest BCUT2D eigenvalue weighted by Gasteiger charge is 2.26. The minimum atomic E-state index is -3.47. The van der Waals surface area contributed by atoms with Crippen LogP contribution in [0.1, 0.15) is 101 Å². The van der Waals surface area contributed by atoms with Crippen molar-refractivity contribution in [1.29, 1.82) is 0 Å². The summed E-state index contributed by atoms with van der Waals surface area (Å²) in [7, 11) is -0.627. The van der Waals surface area contributed by atoms with Gasteiger partial charge in [0.25, 0.3) is 0 Å². The van der Waals surface area contributed by atoms with Crippen molar-refractivity contribution >= 4 is 27.4 Å². The molecule has 0 heterocycles. The van der Waals surface area contributed by atoms with Crippen LogP contribution in [0.3, 0.4) is 0 Å². The molecule has 1 unspecified atom stereocenters. The zero-order valence-corrected chi connectivity index (χ0v) is 24.8. The number of ether oxygens (including phenoxy) is 2. The van der Waals surface area contributed by atoms with Crippen LogP contribution in [-0.4, -0.2) is 39.8 Å². The van der Waals surface area contributed by atoms with Gasteiger partial charge in [-0.15, -0.1) is 0 Å². The van der Waals surface area contributed by atoms with E-state index in [1.807, 2.05) is 26.8 Å². The topological polar surface area (TPSA) is 98.8 Å². The van der Waals surface area contributed by atoms with Crippen LogP contribution in [0.5, 0.6) is 5.75 Å². The van der Waals surface area contributed by atoms with E-state index in [4.69, 9.17) is 9.47 Å². The molecule has 38 heavy (non-hydrogen) atoms. The number of hydrogen-bond acceptors (Lipinski definition) is 6. The van der Waals surface area contributed by atoms with Crippen LogP contribution in [0.25, 0.3) is 0 Å². The SMILES string of the molecule is CCCCCC(CC(=O)Nc1cc(C(=O)OC)ccc1C(C)(C)C)c1ccc(S(=O)(=O)C(C)C)cc1OC. The lowest BCUT2D eigenvalue weighted by atomic mass is 9.85. The number of anilines is 1. The molecule has 0 spiro atoms. The Kier molecular flexibility index (Phi) is 10.9. The van der Waals surface area contributed by atoms with Crippen LogP contribution in [-0.2, 0) is 24.8 Å². The number of unbranched alkanes of at least 4 members (excludes halogenated alkanes) is 2. The summed E-state index contributed by atoms with van der Waals surface area (Å²) in [5.41, 5.74) is 2.38. The van der Waals surface area contributed by atoms with Crippen molar-refractivity contribution in [1.82, 2.24) is 0 Å². The number of methoxy groups -OCH3 is 2. The van der Waals surface area contributed by atoms with Crippen LogP contribution in [0.2, 0.25) is 0 Å². The molecule has 0 aliphatic heterocycles. The molecule has 8 heteroatoms. The van der Waals surface area contributed by atoms with E-state index in [0.29, 0.717) is 17.0 Å². The summed E-state index contributed by atoms with van der Waals surface area (Å²) < 4.78 is 35.9. The van der Waals surface area contributed by atoms with Gasteiger partial charge < -0.3 is 14.8 Å². The molecule has 0 saturated carbocycles. The maximum Gasteiger partial charge on any atom is 0.337 e. The normalized spacial score (nSPS) is 12.8. The molecule has 1 amide bonds. The molecule has 0 aliphatic carbocycles. The molecule has 210 valence electrons. The van der Waals surface area contributed by atoms with Crippen LogP contribution in [0, 0.1) is 0 Å².